The molecule has 0 aromatic carbocycles. The number of carbonyl (C=O) groups excluding carboxylic acids is 1. The number of hydrogen-bond donors (Lipinski definition) is 0. The molecule has 3 nitrogen and oxygen atoms in total. The molecule has 1 aliphatic carbocycles. The van der Waals surface area contributed by atoms with Crippen LogP contribution in [0.2, 0.25) is 0 Å². The van der Waals surface area contributed by atoms with Crippen LogP contribution in [0.5, 0.6) is 0 Å². The molecule has 1 fully saturated rings. The summed E-state index contributed by atoms with van der Waals surface area (Å²) in [5, 5.41) is 9.17. The fourth-order valence-corrected chi connectivity index (χ4v) is 2.69. The molecule has 0 spiro atoms. The van der Waals surface area contributed by atoms with Gasteiger partial charge in [-0.2, -0.15) is 5.26 Å². The van der Waals surface area contributed by atoms with Crippen LogP contribution in [-0.2, 0) is 4.79 Å². The van der Waals surface area contributed by atoms with E-state index in [0.29, 0.717) is 18.4 Å². The Morgan fingerprint density at radius 1 is 1.47 bits per heavy atom. The molecule has 0 aromatic heterocycles. The maximum atomic E-state index is 12.4. The minimum Gasteiger partial charge on any atom is -0.341 e. The second-order valence-electron chi connectivity index (χ2n) is 5.54. The van der Waals surface area contributed by atoms with Crippen LogP contribution in [0.1, 0.15) is 52.9 Å². The van der Waals surface area contributed by atoms with Gasteiger partial charge in [0.05, 0.1) is 6.07 Å². The first kappa shape index (κ1) is 14.0. The maximum Gasteiger partial charge on any atom is 0.242 e. The van der Waals surface area contributed by atoms with Crippen molar-refractivity contribution < 1.29 is 4.79 Å². The summed E-state index contributed by atoms with van der Waals surface area (Å²) in [4.78, 5) is 14.2. The van der Waals surface area contributed by atoms with Crippen LogP contribution >= 0.6 is 0 Å². The van der Waals surface area contributed by atoms with Crippen LogP contribution in [0.3, 0.4) is 0 Å². The molecule has 1 rings (SSSR count). The van der Waals surface area contributed by atoms with Gasteiger partial charge in [-0.15, -0.1) is 0 Å². The van der Waals surface area contributed by atoms with E-state index in [1.54, 1.807) is 6.92 Å². The Morgan fingerprint density at radius 3 is 2.53 bits per heavy atom. The fraction of sp³-hybridized carbons (Fsp3) is 0.857. The first-order valence-corrected chi connectivity index (χ1v) is 6.64. The van der Waals surface area contributed by atoms with E-state index in [2.05, 4.69) is 13.0 Å². The van der Waals surface area contributed by atoms with Crippen molar-refractivity contribution in [1.82, 2.24) is 4.90 Å². The van der Waals surface area contributed by atoms with E-state index in [9.17, 15) is 10.1 Å². The summed E-state index contributed by atoms with van der Waals surface area (Å²) in [7, 11) is 1.86. The van der Waals surface area contributed by atoms with Crippen molar-refractivity contribution in [2.24, 2.45) is 11.3 Å². The minimum atomic E-state index is -0.855. The second kappa shape index (κ2) is 5.53. The third kappa shape index (κ3) is 2.80. The summed E-state index contributed by atoms with van der Waals surface area (Å²) in [5.74, 6) is 0.541. The molecule has 1 amide bonds. The van der Waals surface area contributed by atoms with Gasteiger partial charge in [0.2, 0.25) is 5.91 Å². The monoisotopic (exact) mass is 236 g/mol. The first-order chi connectivity index (χ1) is 7.96. The topological polar surface area (TPSA) is 44.1 Å². The standard InChI is InChI=1S/C14H24N2O/c1-5-14(3,10-15)13(17)16(4)12-9-7-6-8-11(12)2/h11-12H,5-9H2,1-4H3. The van der Waals surface area contributed by atoms with Gasteiger partial charge in [-0.1, -0.05) is 26.7 Å². The summed E-state index contributed by atoms with van der Waals surface area (Å²) in [6, 6.07) is 2.49. The highest BCUT2D eigenvalue weighted by molar-refractivity contribution is 5.85. The Kier molecular flexibility index (Phi) is 4.56. The molecule has 0 N–H and O–H groups in total. The fourth-order valence-electron chi connectivity index (χ4n) is 2.69. The van der Waals surface area contributed by atoms with Crippen molar-refractivity contribution in [2.45, 2.75) is 58.9 Å². The molecule has 0 bridgehead atoms. The van der Waals surface area contributed by atoms with E-state index in [4.69, 9.17) is 0 Å². The number of hydrogen-bond acceptors (Lipinski definition) is 2. The zero-order valence-electron chi connectivity index (χ0n) is 11.5. The van der Waals surface area contributed by atoms with Crippen LogP contribution in [0, 0.1) is 22.7 Å². The molecule has 17 heavy (non-hydrogen) atoms. The zero-order chi connectivity index (χ0) is 13.1. The number of amides is 1. The van der Waals surface area contributed by atoms with Crippen LogP contribution in [0.4, 0.5) is 0 Å². The van der Waals surface area contributed by atoms with Crippen LogP contribution in [0.15, 0.2) is 0 Å². The van der Waals surface area contributed by atoms with Crippen LogP contribution in [0.25, 0.3) is 0 Å². The van der Waals surface area contributed by atoms with Gasteiger partial charge in [0, 0.05) is 13.1 Å². The smallest absolute Gasteiger partial charge is 0.242 e. The molecular weight excluding hydrogens is 212 g/mol. The highest BCUT2D eigenvalue weighted by atomic mass is 16.2. The lowest BCUT2D eigenvalue weighted by Crippen LogP contribution is -2.48. The summed E-state index contributed by atoms with van der Waals surface area (Å²) in [6.45, 7) is 5.86. The molecular formula is C14H24N2O. The van der Waals surface area contributed by atoms with Crippen LogP contribution < -0.4 is 0 Å². The lowest BCUT2D eigenvalue weighted by atomic mass is 9.82. The Labute approximate surface area is 105 Å². The molecule has 3 atom stereocenters. The van der Waals surface area contributed by atoms with E-state index in [0.717, 1.165) is 6.42 Å². The zero-order valence-corrected chi connectivity index (χ0v) is 11.5. The Bertz CT molecular complexity index is 321. The van der Waals surface area contributed by atoms with Gasteiger partial charge in [-0.05, 0) is 32.1 Å². The molecule has 0 radical (unpaired) electrons. The average Bonchev–Trinajstić information content (AvgIpc) is 2.36. The van der Waals surface area contributed by atoms with E-state index in [1.165, 1.54) is 19.3 Å². The van der Waals surface area contributed by atoms with Gasteiger partial charge < -0.3 is 4.90 Å². The number of nitriles is 1. The largest absolute Gasteiger partial charge is 0.341 e. The van der Waals surface area contributed by atoms with E-state index in [-0.39, 0.29) is 5.91 Å². The molecule has 1 aliphatic rings. The van der Waals surface area contributed by atoms with Gasteiger partial charge >= 0.3 is 0 Å². The second-order valence-corrected chi connectivity index (χ2v) is 5.54. The van der Waals surface area contributed by atoms with Crippen molar-refractivity contribution in [3.8, 4) is 6.07 Å². The minimum absolute atomic E-state index is 0.0127. The highest BCUT2D eigenvalue weighted by Crippen LogP contribution is 2.31. The van der Waals surface area contributed by atoms with Crippen molar-refractivity contribution in [3.63, 3.8) is 0 Å². The quantitative estimate of drug-likeness (QED) is 0.756. The van der Waals surface area contributed by atoms with Crippen molar-refractivity contribution in [1.29, 1.82) is 5.26 Å². The molecule has 3 heteroatoms. The number of nitrogens with zero attached hydrogens (tertiary/aromatic N) is 2. The summed E-state index contributed by atoms with van der Waals surface area (Å²) in [6.07, 6.45) is 5.31. The Hall–Kier alpha value is -1.04. The Morgan fingerprint density at radius 2 is 2.06 bits per heavy atom. The molecule has 0 saturated heterocycles. The molecule has 3 unspecified atom stereocenters. The SMILES string of the molecule is CCC(C)(C#N)C(=O)N(C)C1CCCCC1C. The van der Waals surface area contributed by atoms with Crippen molar-refractivity contribution >= 4 is 5.91 Å². The molecule has 0 aliphatic heterocycles. The number of carbonyl (C=O) groups is 1. The van der Waals surface area contributed by atoms with Crippen molar-refractivity contribution in [2.75, 3.05) is 7.05 Å². The summed E-state index contributed by atoms with van der Waals surface area (Å²) in [5.41, 5.74) is -0.855. The van der Waals surface area contributed by atoms with Gasteiger partial charge in [0.25, 0.3) is 0 Å². The van der Waals surface area contributed by atoms with Gasteiger partial charge in [0.15, 0.2) is 0 Å². The molecule has 96 valence electrons. The van der Waals surface area contributed by atoms with Gasteiger partial charge in [-0.3, -0.25) is 4.79 Å². The predicted molar refractivity (Wildman–Crippen MR) is 68.2 cm³/mol. The third-order valence-corrected chi connectivity index (χ3v) is 4.31. The van der Waals surface area contributed by atoms with Crippen molar-refractivity contribution in [3.05, 3.63) is 0 Å². The summed E-state index contributed by atoms with van der Waals surface area (Å²) < 4.78 is 0. The van der Waals surface area contributed by atoms with E-state index in [1.807, 2.05) is 18.9 Å². The lowest BCUT2D eigenvalue weighted by molar-refractivity contribution is -0.140. The summed E-state index contributed by atoms with van der Waals surface area (Å²) >= 11 is 0. The number of rotatable bonds is 3. The normalized spacial score (nSPS) is 27.9. The predicted octanol–water partition coefficient (Wildman–Crippen LogP) is 2.96. The van der Waals surface area contributed by atoms with E-state index < -0.39 is 5.41 Å². The van der Waals surface area contributed by atoms with Crippen LogP contribution in [-0.4, -0.2) is 23.9 Å². The van der Waals surface area contributed by atoms with Gasteiger partial charge in [0.1, 0.15) is 5.41 Å². The lowest BCUT2D eigenvalue weighted by Gasteiger charge is -2.38. The van der Waals surface area contributed by atoms with Gasteiger partial charge in [-0.25, -0.2) is 0 Å². The van der Waals surface area contributed by atoms with E-state index >= 15 is 0 Å². The molecule has 0 aromatic rings. The highest BCUT2D eigenvalue weighted by Gasteiger charge is 2.38. The molecule has 0 heterocycles. The molecule has 1 saturated carbocycles. The third-order valence-electron chi connectivity index (χ3n) is 4.31. The first-order valence-electron chi connectivity index (χ1n) is 6.64. The maximum absolute atomic E-state index is 12.4. The Balaban J connectivity index is 2.78. The average molecular weight is 236 g/mol.